The highest BCUT2D eigenvalue weighted by Crippen LogP contribution is 2.40. The zero-order valence-electron chi connectivity index (χ0n) is 18.3. The number of amidine groups is 1. The van der Waals surface area contributed by atoms with Gasteiger partial charge in [-0.3, -0.25) is 4.99 Å². The fourth-order valence-electron chi connectivity index (χ4n) is 4.87. The Hall–Kier alpha value is -2.08. The zero-order valence-corrected chi connectivity index (χ0v) is 20.6. The molecule has 3 aromatic rings. The standard InChI is InChI=1S/C25H25Cl3N4O/c1-2-21-22(25-31-30-24(33-25)15-6-4-3-5-7-15)29-23(19-13-10-17(27)14-20(19)28)32(21)18-11-8-16(26)9-12-18/h8-15,21-22H,2-7H2,1H3. The van der Waals surface area contributed by atoms with Crippen molar-refractivity contribution in [2.24, 2.45) is 4.99 Å². The molecule has 5 nitrogen and oxygen atoms in total. The number of hydrogen-bond donors (Lipinski definition) is 0. The minimum absolute atomic E-state index is 0.00687. The molecule has 1 saturated carbocycles. The summed E-state index contributed by atoms with van der Waals surface area (Å²) in [5.41, 5.74) is 1.79. The molecule has 1 aliphatic heterocycles. The summed E-state index contributed by atoms with van der Waals surface area (Å²) in [7, 11) is 0. The Bertz CT molecular complexity index is 1150. The van der Waals surface area contributed by atoms with E-state index >= 15 is 0 Å². The van der Waals surface area contributed by atoms with Crippen LogP contribution in [0.2, 0.25) is 15.1 Å². The van der Waals surface area contributed by atoms with E-state index in [4.69, 9.17) is 44.2 Å². The number of rotatable bonds is 5. The third kappa shape index (κ3) is 4.51. The predicted octanol–water partition coefficient (Wildman–Crippen LogP) is 7.86. The van der Waals surface area contributed by atoms with Gasteiger partial charge in [-0.05, 0) is 61.7 Å². The maximum atomic E-state index is 6.61. The molecule has 1 fully saturated rings. The number of anilines is 1. The molecular formula is C25H25Cl3N4O. The average Bonchev–Trinajstić information content (AvgIpc) is 3.45. The van der Waals surface area contributed by atoms with E-state index in [-0.39, 0.29) is 12.1 Å². The monoisotopic (exact) mass is 502 g/mol. The summed E-state index contributed by atoms with van der Waals surface area (Å²) in [6.07, 6.45) is 6.75. The molecule has 172 valence electrons. The second-order valence-electron chi connectivity index (χ2n) is 8.66. The van der Waals surface area contributed by atoms with Crippen LogP contribution in [-0.2, 0) is 0 Å². The minimum atomic E-state index is -0.294. The first kappa shape index (κ1) is 22.7. The molecule has 8 heteroatoms. The summed E-state index contributed by atoms with van der Waals surface area (Å²) in [6.45, 7) is 2.14. The van der Waals surface area contributed by atoms with Crippen molar-refractivity contribution in [1.29, 1.82) is 0 Å². The second-order valence-corrected chi connectivity index (χ2v) is 9.94. The van der Waals surface area contributed by atoms with Gasteiger partial charge in [0.05, 0.1) is 11.1 Å². The van der Waals surface area contributed by atoms with Crippen molar-refractivity contribution in [2.45, 2.75) is 63.5 Å². The van der Waals surface area contributed by atoms with Gasteiger partial charge in [-0.1, -0.05) is 61.0 Å². The number of hydrogen-bond acceptors (Lipinski definition) is 5. The number of nitrogens with zero attached hydrogens (tertiary/aromatic N) is 4. The van der Waals surface area contributed by atoms with Crippen LogP contribution in [-0.4, -0.2) is 22.1 Å². The van der Waals surface area contributed by atoms with Crippen molar-refractivity contribution in [3.05, 3.63) is 74.9 Å². The molecule has 2 atom stereocenters. The smallest absolute Gasteiger partial charge is 0.243 e. The molecule has 0 saturated heterocycles. The first-order valence-electron chi connectivity index (χ1n) is 11.5. The first-order valence-corrected chi connectivity index (χ1v) is 12.6. The largest absolute Gasteiger partial charge is 0.423 e. The van der Waals surface area contributed by atoms with E-state index in [1.54, 1.807) is 6.07 Å². The van der Waals surface area contributed by atoms with Gasteiger partial charge in [0.1, 0.15) is 5.84 Å². The Morgan fingerprint density at radius 1 is 0.909 bits per heavy atom. The Morgan fingerprint density at radius 2 is 1.61 bits per heavy atom. The van der Waals surface area contributed by atoms with Crippen LogP contribution in [0.25, 0.3) is 0 Å². The van der Waals surface area contributed by atoms with Crippen molar-refractivity contribution in [3.8, 4) is 0 Å². The quantitative estimate of drug-likeness (QED) is 0.355. The van der Waals surface area contributed by atoms with Gasteiger partial charge in [0.15, 0.2) is 6.04 Å². The molecule has 0 radical (unpaired) electrons. The number of aliphatic imine (C=N–C) groups is 1. The van der Waals surface area contributed by atoms with Crippen molar-refractivity contribution in [3.63, 3.8) is 0 Å². The van der Waals surface area contributed by atoms with E-state index in [0.717, 1.165) is 42.2 Å². The molecule has 1 aliphatic carbocycles. The Morgan fingerprint density at radius 3 is 2.30 bits per heavy atom. The SMILES string of the molecule is CCC1C(c2nnc(C3CCCCC3)o2)N=C(c2ccc(Cl)cc2Cl)N1c1ccc(Cl)cc1. The Kier molecular flexibility index (Phi) is 6.64. The van der Waals surface area contributed by atoms with Crippen LogP contribution >= 0.6 is 34.8 Å². The summed E-state index contributed by atoms with van der Waals surface area (Å²) >= 11 is 18.9. The molecular weight excluding hydrogens is 479 g/mol. The fraction of sp³-hybridized carbons (Fsp3) is 0.400. The van der Waals surface area contributed by atoms with Crippen molar-refractivity contribution in [1.82, 2.24) is 10.2 Å². The number of halogens is 3. The molecule has 1 aromatic heterocycles. The van der Waals surface area contributed by atoms with Gasteiger partial charge in [-0.2, -0.15) is 0 Å². The van der Waals surface area contributed by atoms with Gasteiger partial charge in [0.2, 0.25) is 11.8 Å². The number of benzene rings is 2. The molecule has 33 heavy (non-hydrogen) atoms. The van der Waals surface area contributed by atoms with Gasteiger partial charge < -0.3 is 9.32 Å². The lowest BCUT2D eigenvalue weighted by atomic mass is 9.89. The topological polar surface area (TPSA) is 54.5 Å². The van der Waals surface area contributed by atoms with Crippen LogP contribution in [0.3, 0.4) is 0 Å². The lowest BCUT2D eigenvalue weighted by molar-refractivity contribution is 0.335. The minimum Gasteiger partial charge on any atom is -0.423 e. The Balaban J connectivity index is 1.57. The van der Waals surface area contributed by atoms with Crippen LogP contribution in [0.15, 0.2) is 51.9 Å². The average molecular weight is 504 g/mol. The maximum Gasteiger partial charge on any atom is 0.243 e. The van der Waals surface area contributed by atoms with E-state index in [2.05, 4.69) is 22.0 Å². The molecule has 2 unspecified atom stereocenters. The third-order valence-corrected chi connectivity index (χ3v) is 7.34. The van der Waals surface area contributed by atoms with Crippen LogP contribution in [0.1, 0.15) is 74.8 Å². The van der Waals surface area contributed by atoms with Crippen LogP contribution in [0.5, 0.6) is 0 Å². The van der Waals surface area contributed by atoms with Crippen molar-refractivity contribution in [2.75, 3.05) is 4.90 Å². The van der Waals surface area contributed by atoms with Crippen LogP contribution < -0.4 is 4.90 Å². The van der Waals surface area contributed by atoms with E-state index in [1.165, 1.54) is 19.3 Å². The van der Waals surface area contributed by atoms with Gasteiger partial charge in [-0.15, -0.1) is 10.2 Å². The zero-order chi connectivity index (χ0) is 22.9. The molecule has 2 heterocycles. The van der Waals surface area contributed by atoms with Gasteiger partial charge in [0.25, 0.3) is 0 Å². The summed E-state index contributed by atoms with van der Waals surface area (Å²) < 4.78 is 6.24. The highest BCUT2D eigenvalue weighted by molar-refractivity contribution is 6.37. The molecule has 2 aliphatic rings. The summed E-state index contributed by atoms with van der Waals surface area (Å²) in [6, 6.07) is 12.9. The maximum absolute atomic E-state index is 6.61. The summed E-state index contributed by atoms with van der Waals surface area (Å²) in [5.74, 6) is 2.41. The predicted molar refractivity (Wildman–Crippen MR) is 134 cm³/mol. The van der Waals surface area contributed by atoms with E-state index in [1.807, 2.05) is 36.4 Å². The molecule has 5 rings (SSSR count). The molecule has 0 N–H and O–H groups in total. The highest BCUT2D eigenvalue weighted by Gasteiger charge is 2.41. The van der Waals surface area contributed by atoms with E-state index in [0.29, 0.717) is 26.9 Å². The lowest BCUT2D eigenvalue weighted by Gasteiger charge is -2.29. The Labute approximate surface area is 208 Å². The second kappa shape index (κ2) is 9.65. The number of aromatic nitrogens is 2. The molecule has 2 aromatic carbocycles. The highest BCUT2D eigenvalue weighted by atomic mass is 35.5. The van der Waals surface area contributed by atoms with Crippen LogP contribution in [0.4, 0.5) is 5.69 Å². The summed E-state index contributed by atoms with van der Waals surface area (Å²) in [4.78, 5) is 7.29. The lowest BCUT2D eigenvalue weighted by Crippen LogP contribution is -2.37. The van der Waals surface area contributed by atoms with Crippen LogP contribution in [0, 0.1) is 0 Å². The molecule has 0 amide bonds. The van der Waals surface area contributed by atoms with Crippen molar-refractivity contribution < 1.29 is 4.42 Å². The van der Waals surface area contributed by atoms with Gasteiger partial charge >= 0.3 is 0 Å². The van der Waals surface area contributed by atoms with Gasteiger partial charge in [0, 0.05) is 27.2 Å². The third-order valence-electron chi connectivity index (χ3n) is 6.54. The van der Waals surface area contributed by atoms with Crippen molar-refractivity contribution >= 4 is 46.3 Å². The normalized spacial score (nSPS) is 21.5. The van der Waals surface area contributed by atoms with E-state index in [9.17, 15) is 0 Å². The molecule has 0 bridgehead atoms. The fourth-order valence-corrected chi connectivity index (χ4v) is 5.49. The summed E-state index contributed by atoms with van der Waals surface area (Å²) in [5, 5.41) is 10.7. The van der Waals surface area contributed by atoms with Gasteiger partial charge in [-0.25, -0.2) is 0 Å². The van der Waals surface area contributed by atoms with E-state index < -0.39 is 0 Å². The molecule has 0 spiro atoms. The first-order chi connectivity index (χ1) is 16.0.